The molecular formula is C19H26N4O3S. The fourth-order valence-electron chi connectivity index (χ4n) is 3.95. The zero-order chi connectivity index (χ0) is 18.8. The van der Waals surface area contributed by atoms with Crippen molar-refractivity contribution in [2.45, 2.75) is 31.6 Å². The number of anilines is 1. The number of benzene rings is 1. The van der Waals surface area contributed by atoms with Crippen LogP contribution in [0.25, 0.3) is 10.1 Å². The number of aliphatic hydroxyl groups is 1. The second kappa shape index (κ2) is 8.10. The Hall–Kier alpha value is -1.74. The van der Waals surface area contributed by atoms with E-state index >= 15 is 0 Å². The average molecular weight is 391 g/mol. The minimum Gasteiger partial charge on any atom is -0.388 e. The summed E-state index contributed by atoms with van der Waals surface area (Å²) in [6, 6.07) is 8.13. The van der Waals surface area contributed by atoms with Crippen molar-refractivity contribution in [3.8, 4) is 0 Å². The summed E-state index contributed by atoms with van der Waals surface area (Å²) in [6.45, 7) is 6.36. The van der Waals surface area contributed by atoms with Crippen LogP contribution in [0.2, 0.25) is 0 Å². The highest BCUT2D eigenvalue weighted by Gasteiger charge is 2.35. The molecule has 2 aliphatic rings. The summed E-state index contributed by atoms with van der Waals surface area (Å²) >= 11 is 1.55. The highest BCUT2D eigenvalue weighted by Crippen LogP contribution is 2.30. The van der Waals surface area contributed by atoms with Gasteiger partial charge in [-0.05, 0) is 30.1 Å². The number of fused-ring (bicyclic) bond motifs is 1. The van der Waals surface area contributed by atoms with Crippen molar-refractivity contribution in [1.82, 2.24) is 14.6 Å². The van der Waals surface area contributed by atoms with Gasteiger partial charge in [-0.3, -0.25) is 9.69 Å². The zero-order valence-corrected chi connectivity index (χ0v) is 16.3. The minimum absolute atomic E-state index is 0.108. The Morgan fingerprint density at radius 3 is 2.89 bits per heavy atom. The van der Waals surface area contributed by atoms with E-state index in [0.717, 1.165) is 32.0 Å². The van der Waals surface area contributed by atoms with Gasteiger partial charge in [-0.1, -0.05) is 12.1 Å². The molecular weight excluding hydrogens is 364 g/mol. The lowest BCUT2D eigenvalue weighted by Crippen LogP contribution is -2.57. The molecule has 3 heterocycles. The Labute approximate surface area is 163 Å². The van der Waals surface area contributed by atoms with Crippen molar-refractivity contribution in [2.24, 2.45) is 0 Å². The zero-order valence-electron chi connectivity index (χ0n) is 15.5. The molecule has 2 N–H and O–H groups in total. The molecule has 1 aromatic carbocycles. The van der Waals surface area contributed by atoms with Crippen LogP contribution in [0, 0.1) is 0 Å². The Balaban J connectivity index is 1.33. The van der Waals surface area contributed by atoms with Gasteiger partial charge in [-0.2, -0.15) is 4.37 Å². The number of hydrogen-bond acceptors (Lipinski definition) is 7. The first-order valence-corrected chi connectivity index (χ1v) is 10.3. The Morgan fingerprint density at radius 1 is 1.33 bits per heavy atom. The molecule has 7 nitrogen and oxygen atoms in total. The molecule has 0 bridgehead atoms. The first-order chi connectivity index (χ1) is 13.1. The van der Waals surface area contributed by atoms with E-state index in [-0.39, 0.29) is 18.1 Å². The molecule has 2 aromatic rings. The van der Waals surface area contributed by atoms with Gasteiger partial charge in [0.1, 0.15) is 11.9 Å². The van der Waals surface area contributed by atoms with E-state index in [1.165, 1.54) is 17.0 Å². The topological polar surface area (TPSA) is 77.9 Å². The summed E-state index contributed by atoms with van der Waals surface area (Å²) in [5.74, 6) is 0.971. The molecule has 0 spiro atoms. The normalized spacial score (nSPS) is 27.0. The summed E-state index contributed by atoms with van der Waals surface area (Å²) in [4.78, 5) is 16.0. The lowest BCUT2D eigenvalue weighted by atomic mass is 9.99. The number of ether oxygens (including phenoxy) is 1. The molecule has 0 aliphatic carbocycles. The highest BCUT2D eigenvalue weighted by atomic mass is 32.1. The van der Waals surface area contributed by atoms with Crippen LogP contribution in [0.1, 0.15) is 13.3 Å². The van der Waals surface area contributed by atoms with Crippen LogP contribution in [-0.4, -0.2) is 77.9 Å². The SMILES string of the molecule is CC(=O)N[C@H]1CCO[C@H](CN2CCN(c3nsc4ccccc34)CC2)[C@H]1O. The van der Waals surface area contributed by atoms with Gasteiger partial charge >= 0.3 is 0 Å². The number of aromatic nitrogens is 1. The van der Waals surface area contributed by atoms with Crippen LogP contribution < -0.4 is 10.2 Å². The molecule has 3 atom stereocenters. The molecule has 1 amide bonds. The first-order valence-electron chi connectivity index (χ1n) is 9.50. The maximum Gasteiger partial charge on any atom is 0.217 e. The summed E-state index contributed by atoms with van der Waals surface area (Å²) in [6.07, 6.45) is -0.271. The number of nitrogens with zero attached hydrogens (tertiary/aromatic N) is 3. The van der Waals surface area contributed by atoms with Crippen LogP contribution in [0.5, 0.6) is 0 Å². The second-order valence-corrected chi connectivity index (χ2v) is 8.09. The first kappa shape index (κ1) is 18.6. The molecule has 0 unspecified atom stereocenters. The van der Waals surface area contributed by atoms with E-state index in [9.17, 15) is 9.90 Å². The van der Waals surface area contributed by atoms with Gasteiger partial charge < -0.3 is 20.1 Å². The second-order valence-electron chi connectivity index (χ2n) is 7.29. The van der Waals surface area contributed by atoms with Crippen molar-refractivity contribution in [2.75, 3.05) is 44.2 Å². The Kier molecular flexibility index (Phi) is 5.58. The number of carbonyl (C=O) groups is 1. The Bertz CT molecular complexity index is 790. The van der Waals surface area contributed by atoms with Gasteiger partial charge in [0.25, 0.3) is 0 Å². The van der Waals surface area contributed by atoms with Crippen LogP contribution in [0.3, 0.4) is 0 Å². The molecule has 1 aromatic heterocycles. The van der Waals surface area contributed by atoms with E-state index < -0.39 is 6.10 Å². The van der Waals surface area contributed by atoms with Gasteiger partial charge in [0, 0.05) is 51.6 Å². The van der Waals surface area contributed by atoms with Gasteiger partial charge in [0.15, 0.2) is 0 Å². The lowest BCUT2D eigenvalue weighted by molar-refractivity contribution is -0.127. The molecule has 0 radical (unpaired) electrons. The van der Waals surface area contributed by atoms with Gasteiger partial charge in [-0.25, -0.2) is 0 Å². The standard InChI is InChI=1S/C19H26N4O3S/c1-13(24)20-15-6-11-26-16(18(15)25)12-22-7-9-23(10-8-22)19-14-4-2-3-5-17(14)27-21-19/h2-5,15-16,18,25H,6-12H2,1H3,(H,20,24)/t15-,16+,18-/m0/s1. The number of hydrogen-bond donors (Lipinski definition) is 2. The smallest absolute Gasteiger partial charge is 0.217 e. The molecule has 8 heteroatoms. The van der Waals surface area contributed by atoms with E-state index in [2.05, 4.69) is 37.7 Å². The van der Waals surface area contributed by atoms with Gasteiger partial charge in [0.05, 0.1) is 16.8 Å². The summed E-state index contributed by atoms with van der Waals surface area (Å²) in [5.41, 5.74) is 0. The summed E-state index contributed by atoms with van der Waals surface area (Å²) in [5, 5.41) is 14.6. The van der Waals surface area contributed by atoms with Crippen molar-refractivity contribution in [1.29, 1.82) is 0 Å². The maximum absolute atomic E-state index is 11.3. The van der Waals surface area contributed by atoms with Crippen molar-refractivity contribution >= 4 is 33.3 Å². The van der Waals surface area contributed by atoms with Crippen molar-refractivity contribution in [3.05, 3.63) is 24.3 Å². The number of rotatable bonds is 4. The molecule has 27 heavy (non-hydrogen) atoms. The molecule has 146 valence electrons. The number of amides is 1. The maximum atomic E-state index is 11.3. The number of nitrogens with one attached hydrogen (secondary N) is 1. The largest absolute Gasteiger partial charge is 0.388 e. The fourth-order valence-corrected chi connectivity index (χ4v) is 4.75. The monoisotopic (exact) mass is 390 g/mol. The Morgan fingerprint density at radius 2 is 2.11 bits per heavy atom. The molecule has 2 aliphatic heterocycles. The molecule has 2 fully saturated rings. The quantitative estimate of drug-likeness (QED) is 0.813. The van der Waals surface area contributed by atoms with Gasteiger partial charge in [0.2, 0.25) is 5.91 Å². The van der Waals surface area contributed by atoms with Crippen LogP contribution in [0.4, 0.5) is 5.82 Å². The third-order valence-corrected chi connectivity index (χ3v) is 6.23. The predicted octanol–water partition coefficient (Wildman–Crippen LogP) is 1.07. The van der Waals surface area contributed by atoms with Crippen molar-refractivity contribution < 1.29 is 14.6 Å². The van der Waals surface area contributed by atoms with E-state index in [0.29, 0.717) is 19.6 Å². The van der Waals surface area contributed by atoms with Crippen LogP contribution in [-0.2, 0) is 9.53 Å². The summed E-state index contributed by atoms with van der Waals surface area (Å²) in [7, 11) is 0. The highest BCUT2D eigenvalue weighted by molar-refractivity contribution is 7.13. The molecule has 2 saturated heterocycles. The predicted molar refractivity (Wildman–Crippen MR) is 106 cm³/mol. The molecule has 4 rings (SSSR count). The molecule has 0 saturated carbocycles. The third kappa shape index (κ3) is 4.08. The van der Waals surface area contributed by atoms with E-state index in [4.69, 9.17) is 4.74 Å². The van der Waals surface area contributed by atoms with Crippen LogP contribution >= 0.6 is 11.5 Å². The minimum atomic E-state index is -0.664. The van der Waals surface area contributed by atoms with Gasteiger partial charge in [-0.15, -0.1) is 0 Å². The fraction of sp³-hybridized carbons (Fsp3) is 0.579. The number of aliphatic hydroxyl groups excluding tert-OH is 1. The van der Waals surface area contributed by atoms with Crippen LogP contribution in [0.15, 0.2) is 24.3 Å². The third-order valence-electron chi connectivity index (χ3n) is 5.41. The summed E-state index contributed by atoms with van der Waals surface area (Å²) < 4.78 is 11.7. The van der Waals surface area contributed by atoms with Crippen molar-refractivity contribution in [3.63, 3.8) is 0 Å². The van der Waals surface area contributed by atoms with E-state index in [1.54, 1.807) is 11.5 Å². The average Bonchev–Trinajstić information content (AvgIpc) is 3.09. The van der Waals surface area contributed by atoms with E-state index in [1.807, 2.05) is 6.07 Å². The number of piperazine rings is 1. The lowest BCUT2D eigenvalue weighted by Gasteiger charge is -2.40. The number of carbonyl (C=O) groups excluding carboxylic acids is 1.